The van der Waals surface area contributed by atoms with Crippen molar-refractivity contribution < 1.29 is 9.90 Å². The number of hydrogen-bond acceptors (Lipinski definition) is 4. The van der Waals surface area contributed by atoms with Crippen LogP contribution in [0, 0.1) is 5.92 Å². The second-order valence-electron chi connectivity index (χ2n) is 4.12. The number of aromatic nitrogens is 1. The summed E-state index contributed by atoms with van der Waals surface area (Å²) in [7, 11) is 0. The molecule has 1 fully saturated rings. The molecule has 1 aliphatic heterocycles. The van der Waals surface area contributed by atoms with Crippen LogP contribution >= 0.6 is 11.3 Å². The molecule has 2 atom stereocenters. The minimum Gasteiger partial charge on any atom is -0.481 e. The Morgan fingerprint density at radius 2 is 2.56 bits per heavy atom. The SMILES string of the molecule is CCCN1CC[C@H](C(=O)O)[C@H]1c1cncs1. The van der Waals surface area contributed by atoms with E-state index in [0.29, 0.717) is 0 Å². The van der Waals surface area contributed by atoms with Gasteiger partial charge in [0.15, 0.2) is 0 Å². The highest BCUT2D eigenvalue weighted by Gasteiger charge is 2.39. The molecule has 1 aromatic heterocycles. The average Bonchev–Trinajstić information content (AvgIpc) is 2.84. The van der Waals surface area contributed by atoms with E-state index in [4.69, 9.17) is 0 Å². The van der Waals surface area contributed by atoms with Gasteiger partial charge in [0, 0.05) is 11.1 Å². The maximum atomic E-state index is 11.2. The molecule has 0 bridgehead atoms. The number of carboxylic acid groups (broad SMARTS) is 1. The van der Waals surface area contributed by atoms with Crippen molar-refractivity contribution in [1.82, 2.24) is 9.88 Å². The van der Waals surface area contributed by atoms with Crippen LogP contribution in [0.4, 0.5) is 0 Å². The maximum Gasteiger partial charge on any atom is 0.308 e. The topological polar surface area (TPSA) is 53.4 Å². The first kappa shape index (κ1) is 11.5. The van der Waals surface area contributed by atoms with Crippen molar-refractivity contribution in [2.75, 3.05) is 13.1 Å². The van der Waals surface area contributed by atoms with E-state index < -0.39 is 5.97 Å². The van der Waals surface area contributed by atoms with Gasteiger partial charge in [-0.05, 0) is 25.9 Å². The van der Waals surface area contributed by atoms with Crippen LogP contribution in [0.3, 0.4) is 0 Å². The van der Waals surface area contributed by atoms with Gasteiger partial charge in [0.05, 0.1) is 17.5 Å². The monoisotopic (exact) mass is 240 g/mol. The highest BCUT2D eigenvalue weighted by molar-refractivity contribution is 7.09. The smallest absolute Gasteiger partial charge is 0.308 e. The zero-order valence-corrected chi connectivity index (χ0v) is 10.1. The molecule has 2 rings (SSSR count). The fraction of sp³-hybridized carbons (Fsp3) is 0.636. The molecule has 0 unspecified atom stereocenters. The first-order chi connectivity index (χ1) is 7.74. The van der Waals surface area contributed by atoms with Crippen LogP contribution in [0.1, 0.15) is 30.7 Å². The zero-order valence-electron chi connectivity index (χ0n) is 9.30. The lowest BCUT2D eigenvalue weighted by molar-refractivity contribution is -0.142. The maximum absolute atomic E-state index is 11.2. The number of carboxylic acids is 1. The summed E-state index contributed by atoms with van der Waals surface area (Å²) in [5.74, 6) is -0.955. The molecule has 2 heterocycles. The molecule has 0 aromatic carbocycles. The summed E-state index contributed by atoms with van der Waals surface area (Å²) >= 11 is 1.55. The number of likely N-dealkylation sites (tertiary alicyclic amines) is 1. The van der Waals surface area contributed by atoms with Gasteiger partial charge in [-0.2, -0.15) is 0 Å². The van der Waals surface area contributed by atoms with Gasteiger partial charge >= 0.3 is 5.97 Å². The van der Waals surface area contributed by atoms with Crippen molar-refractivity contribution >= 4 is 17.3 Å². The predicted octanol–water partition coefficient (Wildman–Crippen LogP) is 2.00. The van der Waals surface area contributed by atoms with E-state index in [1.807, 2.05) is 0 Å². The van der Waals surface area contributed by atoms with Crippen molar-refractivity contribution in [1.29, 1.82) is 0 Å². The Kier molecular flexibility index (Phi) is 3.56. The van der Waals surface area contributed by atoms with E-state index in [2.05, 4.69) is 16.8 Å². The van der Waals surface area contributed by atoms with Crippen LogP contribution in [0.25, 0.3) is 0 Å². The molecule has 1 aromatic rings. The van der Waals surface area contributed by atoms with E-state index in [0.717, 1.165) is 30.8 Å². The normalized spacial score (nSPS) is 26.1. The zero-order chi connectivity index (χ0) is 11.5. The number of carbonyl (C=O) groups is 1. The van der Waals surface area contributed by atoms with Gasteiger partial charge in [-0.1, -0.05) is 6.92 Å². The highest BCUT2D eigenvalue weighted by Crippen LogP contribution is 2.38. The minimum absolute atomic E-state index is 0.0324. The summed E-state index contributed by atoms with van der Waals surface area (Å²) in [6.07, 6.45) is 3.61. The standard InChI is InChI=1S/C11H16N2O2S/c1-2-4-13-5-3-8(11(14)15)10(13)9-6-12-7-16-9/h6-8,10H,2-5H2,1H3,(H,14,15)/t8-,10-/m0/s1. The van der Waals surface area contributed by atoms with Crippen molar-refractivity contribution in [3.8, 4) is 0 Å². The van der Waals surface area contributed by atoms with Crippen LogP contribution in [0.2, 0.25) is 0 Å². The lowest BCUT2D eigenvalue weighted by Gasteiger charge is -2.24. The summed E-state index contributed by atoms with van der Waals surface area (Å²) in [6, 6.07) is 0.0324. The van der Waals surface area contributed by atoms with E-state index in [9.17, 15) is 9.90 Å². The first-order valence-electron chi connectivity index (χ1n) is 5.59. The van der Waals surface area contributed by atoms with E-state index in [1.54, 1.807) is 23.0 Å². The van der Waals surface area contributed by atoms with E-state index in [-0.39, 0.29) is 12.0 Å². The van der Waals surface area contributed by atoms with Crippen molar-refractivity contribution in [2.45, 2.75) is 25.8 Å². The Bertz CT molecular complexity index is 353. The van der Waals surface area contributed by atoms with Gasteiger partial charge < -0.3 is 5.11 Å². The van der Waals surface area contributed by atoms with Crippen LogP contribution < -0.4 is 0 Å². The lowest BCUT2D eigenvalue weighted by Crippen LogP contribution is -2.28. The number of hydrogen-bond donors (Lipinski definition) is 1. The van der Waals surface area contributed by atoms with Gasteiger partial charge in [-0.15, -0.1) is 11.3 Å². The number of rotatable bonds is 4. The number of aliphatic carboxylic acids is 1. The number of nitrogens with zero attached hydrogens (tertiary/aromatic N) is 2. The molecule has 0 aliphatic carbocycles. The quantitative estimate of drug-likeness (QED) is 0.874. The Labute approximate surface area is 98.9 Å². The van der Waals surface area contributed by atoms with Crippen molar-refractivity contribution in [2.24, 2.45) is 5.92 Å². The van der Waals surface area contributed by atoms with Gasteiger partial charge in [0.25, 0.3) is 0 Å². The molecule has 0 saturated carbocycles. The van der Waals surface area contributed by atoms with Gasteiger partial charge in [-0.25, -0.2) is 0 Å². The van der Waals surface area contributed by atoms with Crippen LogP contribution in [-0.2, 0) is 4.79 Å². The van der Waals surface area contributed by atoms with Gasteiger partial charge in [0.1, 0.15) is 0 Å². The second kappa shape index (κ2) is 4.93. The van der Waals surface area contributed by atoms with Crippen LogP contribution in [0.15, 0.2) is 11.7 Å². The molecule has 1 N–H and O–H groups in total. The van der Waals surface area contributed by atoms with Crippen LogP contribution in [0.5, 0.6) is 0 Å². The lowest BCUT2D eigenvalue weighted by atomic mass is 10.00. The predicted molar refractivity (Wildman–Crippen MR) is 62.5 cm³/mol. The van der Waals surface area contributed by atoms with Gasteiger partial charge in [0.2, 0.25) is 0 Å². The van der Waals surface area contributed by atoms with E-state index in [1.165, 1.54) is 0 Å². The molecule has 16 heavy (non-hydrogen) atoms. The van der Waals surface area contributed by atoms with Crippen molar-refractivity contribution in [3.05, 3.63) is 16.6 Å². The minimum atomic E-state index is -0.683. The summed E-state index contributed by atoms with van der Waals surface area (Å²) in [5.41, 5.74) is 1.77. The highest BCUT2D eigenvalue weighted by atomic mass is 32.1. The largest absolute Gasteiger partial charge is 0.481 e. The molecule has 4 nitrogen and oxygen atoms in total. The number of thiazole rings is 1. The Morgan fingerprint density at radius 3 is 3.12 bits per heavy atom. The Balaban J connectivity index is 2.22. The summed E-state index contributed by atoms with van der Waals surface area (Å²) in [5, 5.41) is 9.23. The first-order valence-corrected chi connectivity index (χ1v) is 6.47. The summed E-state index contributed by atoms with van der Waals surface area (Å²) in [6.45, 7) is 3.97. The molecule has 0 radical (unpaired) electrons. The second-order valence-corrected chi connectivity index (χ2v) is 5.04. The average molecular weight is 240 g/mol. The third-order valence-electron chi connectivity index (χ3n) is 3.07. The fourth-order valence-corrected chi connectivity index (χ4v) is 3.22. The third-order valence-corrected chi connectivity index (χ3v) is 3.92. The Morgan fingerprint density at radius 1 is 1.75 bits per heavy atom. The molecule has 0 amide bonds. The van der Waals surface area contributed by atoms with Crippen LogP contribution in [-0.4, -0.2) is 34.0 Å². The summed E-state index contributed by atoms with van der Waals surface area (Å²) < 4.78 is 0. The summed E-state index contributed by atoms with van der Waals surface area (Å²) in [4.78, 5) is 18.6. The molecule has 5 heteroatoms. The Hall–Kier alpha value is -0.940. The fourth-order valence-electron chi connectivity index (χ4n) is 2.40. The molecule has 1 aliphatic rings. The van der Waals surface area contributed by atoms with E-state index >= 15 is 0 Å². The molecule has 1 saturated heterocycles. The molecular weight excluding hydrogens is 224 g/mol. The third kappa shape index (κ3) is 2.10. The molecule has 88 valence electrons. The van der Waals surface area contributed by atoms with Gasteiger partial charge in [-0.3, -0.25) is 14.7 Å². The molecule has 0 spiro atoms. The van der Waals surface area contributed by atoms with Crippen molar-refractivity contribution in [3.63, 3.8) is 0 Å². The molecular formula is C11H16N2O2S.